The van der Waals surface area contributed by atoms with Gasteiger partial charge in [0, 0.05) is 13.1 Å². The van der Waals surface area contributed by atoms with E-state index in [1.807, 2.05) is 6.07 Å². The van der Waals surface area contributed by atoms with Gasteiger partial charge in [0.05, 0.1) is 12.0 Å². The van der Waals surface area contributed by atoms with Crippen LogP contribution in [0.2, 0.25) is 0 Å². The Kier molecular flexibility index (Phi) is 5.39. The van der Waals surface area contributed by atoms with Crippen LogP contribution in [0.3, 0.4) is 0 Å². The molecule has 2 unspecified atom stereocenters. The van der Waals surface area contributed by atoms with Crippen molar-refractivity contribution in [3.05, 3.63) is 0 Å². The summed E-state index contributed by atoms with van der Waals surface area (Å²) in [5.74, 6) is -2.90. The van der Waals surface area contributed by atoms with Crippen LogP contribution in [0.4, 0.5) is 0 Å². The minimum Gasteiger partial charge on any atom is -0.481 e. The average Bonchev–Trinajstić information content (AvgIpc) is 2.23. The van der Waals surface area contributed by atoms with Crippen molar-refractivity contribution in [2.24, 2.45) is 11.8 Å². The first kappa shape index (κ1) is 13.4. The Bertz CT molecular complexity index is 283. The number of nitrogens with zero attached hydrogens (tertiary/aromatic N) is 2. The van der Waals surface area contributed by atoms with Crippen molar-refractivity contribution >= 4 is 11.9 Å². The molecule has 0 aliphatic heterocycles. The third-order valence-electron chi connectivity index (χ3n) is 2.15. The zero-order valence-electron chi connectivity index (χ0n) is 9.23. The van der Waals surface area contributed by atoms with Crippen LogP contribution in [0.1, 0.15) is 20.8 Å². The van der Waals surface area contributed by atoms with Gasteiger partial charge in [-0.3, -0.25) is 9.59 Å². The molecule has 0 fully saturated rings. The van der Waals surface area contributed by atoms with Crippen LogP contribution in [0, 0.1) is 23.2 Å². The average molecular weight is 212 g/mol. The Balaban J connectivity index is 4.49. The Morgan fingerprint density at radius 1 is 1.47 bits per heavy atom. The van der Waals surface area contributed by atoms with Gasteiger partial charge in [-0.1, -0.05) is 0 Å². The maximum Gasteiger partial charge on any atom is 0.315 e. The monoisotopic (exact) mass is 212 g/mol. The van der Waals surface area contributed by atoms with Crippen LogP contribution in [0.15, 0.2) is 0 Å². The standard InChI is InChI=1S/C10H16N2O3/c1-4-12(6-7(2)5-11)9(13)8(3)10(14)15/h7-8H,4,6H2,1-3H3,(H,14,15). The van der Waals surface area contributed by atoms with E-state index in [1.54, 1.807) is 13.8 Å². The molecule has 84 valence electrons. The number of carbonyl (C=O) groups excluding carboxylic acids is 1. The SMILES string of the molecule is CCN(CC(C)C#N)C(=O)C(C)C(=O)O. The van der Waals surface area contributed by atoms with E-state index in [-0.39, 0.29) is 12.5 Å². The van der Waals surface area contributed by atoms with Gasteiger partial charge >= 0.3 is 5.97 Å². The van der Waals surface area contributed by atoms with Gasteiger partial charge in [0.2, 0.25) is 5.91 Å². The third kappa shape index (κ3) is 3.98. The van der Waals surface area contributed by atoms with Crippen LogP contribution in [-0.2, 0) is 9.59 Å². The Morgan fingerprint density at radius 2 is 2.00 bits per heavy atom. The molecular formula is C10H16N2O3. The van der Waals surface area contributed by atoms with Crippen molar-refractivity contribution in [2.75, 3.05) is 13.1 Å². The predicted molar refractivity (Wildman–Crippen MR) is 53.8 cm³/mol. The Labute approximate surface area is 89.3 Å². The van der Waals surface area contributed by atoms with E-state index in [4.69, 9.17) is 10.4 Å². The molecule has 0 spiro atoms. The lowest BCUT2D eigenvalue weighted by Crippen LogP contribution is -2.40. The fraction of sp³-hybridized carbons (Fsp3) is 0.700. The molecular weight excluding hydrogens is 196 g/mol. The summed E-state index contributed by atoms with van der Waals surface area (Å²) in [6.45, 7) is 5.51. The molecule has 1 N–H and O–H groups in total. The first-order chi connectivity index (χ1) is 6.93. The first-order valence-corrected chi connectivity index (χ1v) is 4.85. The number of nitriles is 1. The van der Waals surface area contributed by atoms with E-state index in [9.17, 15) is 9.59 Å². The van der Waals surface area contributed by atoms with Gasteiger partial charge in [-0.15, -0.1) is 0 Å². The highest BCUT2D eigenvalue weighted by molar-refractivity contribution is 5.96. The number of aliphatic carboxylic acids is 1. The fourth-order valence-electron chi connectivity index (χ4n) is 1.13. The number of hydrogen-bond donors (Lipinski definition) is 1. The molecule has 5 nitrogen and oxygen atoms in total. The molecule has 0 rings (SSSR count). The molecule has 1 amide bonds. The van der Waals surface area contributed by atoms with Crippen LogP contribution in [0.5, 0.6) is 0 Å². The molecule has 5 heteroatoms. The quantitative estimate of drug-likeness (QED) is 0.680. The first-order valence-electron chi connectivity index (χ1n) is 4.85. The normalized spacial score (nSPS) is 13.7. The van der Waals surface area contributed by atoms with Gasteiger partial charge in [0.25, 0.3) is 0 Å². The van der Waals surface area contributed by atoms with Crippen LogP contribution >= 0.6 is 0 Å². The van der Waals surface area contributed by atoms with E-state index in [0.29, 0.717) is 6.54 Å². The van der Waals surface area contributed by atoms with Crippen molar-refractivity contribution in [2.45, 2.75) is 20.8 Å². The molecule has 0 aliphatic rings. The van der Waals surface area contributed by atoms with E-state index in [1.165, 1.54) is 11.8 Å². The van der Waals surface area contributed by atoms with E-state index in [0.717, 1.165) is 0 Å². The summed E-state index contributed by atoms with van der Waals surface area (Å²) in [5, 5.41) is 17.3. The molecule has 15 heavy (non-hydrogen) atoms. The molecule has 0 radical (unpaired) electrons. The maximum atomic E-state index is 11.6. The molecule has 0 heterocycles. The van der Waals surface area contributed by atoms with Crippen LogP contribution < -0.4 is 0 Å². The third-order valence-corrected chi connectivity index (χ3v) is 2.15. The summed E-state index contributed by atoms with van der Waals surface area (Å²) >= 11 is 0. The molecule has 0 bridgehead atoms. The summed E-state index contributed by atoms with van der Waals surface area (Å²) < 4.78 is 0. The lowest BCUT2D eigenvalue weighted by Gasteiger charge is -2.23. The minimum absolute atomic E-state index is 0.281. The minimum atomic E-state index is -1.14. The van der Waals surface area contributed by atoms with E-state index in [2.05, 4.69) is 0 Å². The van der Waals surface area contributed by atoms with Gasteiger partial charge in [-0.25, -0.2) is 0 Å². The second kappa shape index (κ2) is 6.02. The zero-order valence-corrected chi connectivity index (χ0v) is 9.23. The van der Waals surface area contributed by atoms with Crippen LogP contribution in [-0.4, -0.2) is 35.0 Å². The number of amides is 1. The van der Waals surface area contributed by atoms with Crippen molar-refractivity contribution in [1.29, 1.82) is 5.26 Å². The topological polar surface area (TPSA) is 81.4 Å². The lowest BCUT2D eigenvalue weighted by atomic mass is 10.1. The Morgan fingerprint density at radius 3 is 2.33 bits per heavy atom. The predicted octanol–water partition coefficient (Wildman–Crippen LogP) is 0.715. The van der Waals surface area contributed by atoms with E-state index < -0.39 is 17.8 Å². The molecule has 0 aromatic rings. The van der Waals surface area contributed by atoms with Crippen LogP contribution in [0.25, 0.3) is 0 Å². The second-order valence-electron chi connectivity index (χ2n) is 3.47. The summed E-state index contributed by atoms with van der Waals surface area (Å²) in [6.07, 6.45) is 0. The number of carboxylic acid groups (broad SMARTS) is 1. The Hall–Kier alpha value is -1.57. The van der Waals surface area contributed by atoms with E-state index >= 15 is 0 Å². The highest BCUT2D eigenvalue weighted by atomic mass is 16.4. The van der Waals surface area contributed by atoms with Crippen molar-refractivity contribution in [3.63, 3.8) is 0 Å². The summed E-state index contributed by atoms with van der Waals surface area (Å²) in [4.78, 5) is 23.6. The largest absolute Gasteiger partial charge is 0.481 e. The highest BCUT2D eigenvalue weighted by Gasteiger charge is 2.25. The maximum absolute atomic E-state index is 11.6. The van der Waals surface area contributed by atoms with Gasteiger partial charge < -0.3 is 10.0 Å². The van der Waals surface area contributed by atoms with Crippen molar-refractivity contribution in [1.82, 2.24) is 4.90 Å². The van der Waals surface area contributed by atoms with Gasteiger partial charge in [-0.2, -0.15) is 5.26 Å². The number of carboxylic acids is 1. The highest BCUT2D eigenvalue weighted by Crippen LogP contribution is 2.06. The summed E-state index contributed by atoms with van der Waals surface area (Å²) in [7, 11) is 0. The zero-order chi connectivity index (χ0) is 12.0. The summed E-state index contributed by atoms with van der Waals surface area (Å²) in [5.41, 5.74) is 0. The van der Waals surface area contributed by atoms with Crippen molar-refractivity contribution < 1.29 is 14.7 Å². The van der Waals surface area contributed by atoms with Gasteiger partial charge in [0.15, 0.2) is 0 Å². The van der Waals surface area contributed by atoms with Gasteiger partial charge in [0.1, 0.15) is 5.92 Å². The molecule has 0 saturated carbocycles. The van der Waals surface area contributed by atoms with Gasteiger partial charge in [-0.05, 0) is 20.8 Å². The second-order valence-corrected chi connectivity index (χ2v) is 3.47. The molecule has 0 saturated heterocycles. The van der Waals surface area contributed by atoms with Crippen molar-refractivity contribution in [3.8, 4) is 6.07 Å². The smallest absolute Gasteiger partial charge is 0.315 e. The number of rotatable bonds is 5. The summed E-state index contributed by atoms with van der Waals surface area (Å²) in [6, 6.07) is 2.01. The number of carbonyl (C=O) groups is 2. The molecule has 0 aromatic heterocycles. The lowest BCUT2D eigenvalue weighted by molar-refractivity contribution is -0.150. The molecule has 0 aliphatic carbocycles. The number of hydrogen-bond acceptors (Lipinski definition) is 3. The molecule has 2 atom stereocenters. The fourth-order valence-corrected chi connectivity index (χ4v) is 1.13. The molecule has 0 aromatic carbocycles.